The Morgan fingerprint density at radius 2 is 2.22 bits per heavy atom. The van der Waals surface area contributed by atoms with Crippen molar-refractivity contribution in [1.82, 2.24) is 9.66 Å². The first-order valence-corrected chi connectivity index (χ1v) is 9.71. The molecule has 138 valence electrons. The maximum absolute atomic E-state index is 14.3. The average molecular weight is 382 g/mol. The molecule has 0 radical (unpaired) electrons. The van der Waals surface area contributed by atoms with Crippen molar-refractivity contribution in [3.8, 4) is 11.3 Å². The summed E-state index contributed by atoms with van der Waals surface area (Å²) < 4.78 is 21.7. The normalized spacial score (nSPS) is 17.8. The molecule has 0 amide bonds. The number of aromatic nitrogens is 2. The van der Waals surface area contributed by atoms with E-state index in [9.17, 15) is 4.39 Å². The van der Waals surface area contributed by atoms with Crippen LogP contribution in [0.3, 0.4) is 0 Å². The van der Waals surface area contributed by atoms with E-state index in [0.717, 1.165) is 25.0 Å². The van der Waals surface area contributed by atoms with E-state index in [2.05, 4.69) is 15.1 Å². The molecule has 1 unspecified atom stereocenters. The number of ether oxygens (including phenoxy) is 1. The highest BCUT2D eigenvalue weighted by Crippen LogP contribution is 2.23. The van der Waals surface area contributed by atoms with E-state index < -0.39 is 0 Å². The third-order valence-electron chi connectivity index (χ3n) is 4.30. The van der Waals surface area contributed by atoms with Gasteiger partial charge in [0, 0.05) is 35.5 Å². The van der Waals surface area contributed by atoms with Gasteiger partial charge in [-0.3, -0.25) is 9.98 Å². The van der Waals surface area contributed by atoms with Crippen LogP contribution in [0.5, 0.6) is 0 Å². The zero-order valence-electron chi connectivity index (χ0n) is 14.7. The van der Waals surface area contributed by atoms with Crippen LogP contribution in [0.2, 0.25) is 0 Å². The van der Waals surface area contributed by atoms with Crippen molar-refractivity contribution in [2.75, 3.05) is 13.2 Å². The van der Waals surface area contributed by atoms with E-state index in [1.165, 1.54) is 17.4 Å². The topological polar surface area (TPSA) is 51.8 Å². The van der Waals surface area contributed by atoms with Crippen LogP contribution in [0.4, 0.5) is 4.39 Å². The van der Waals surface area contributed by atoms with Gasteiger partial charge in [0.05, 0.1) is 24.6 Å². The molecule has 2 aromatic heterocycles. The molecule has 4 rings (SSSR count). The van der Waals surface area contributed by atoms with Crippen LogP contribution >= 0.6 is 11.3 Å². The molecule has 0 spiro atoms. The molecule has 5 nitrogen and oxygen atoms in total. The molecule has 0 N–H and O–H groups in total. The molecule has 1 atom stereocenters. The van der Waals surface area contributed by atoms with Gasteiger partial charge in [-0.2, -0.15) is 5.10 Å². The molecule has 7 heteroatoms. The van der Waals surface area contributed by atoms with Crippen LogP contribution in [-0.4, -0.2) is 35.1 Å². The second-order valence-corrected chi connectivity index (χ2v) is 7.04. The Kier molecular flexibility index (Phi) is 5.50. The van der Waals surface area contributed by atoms with E-state index in [0.29, 0.717) is 22.6 Å². The van der Waals surface area contributed by atoms with Gasteiger partial charge in [-0.25, -0.2) is 9.07 Å². The Morgan fingerprint density at radius 1 is 1.30 bits per heavy atom. The molecule has 0 saturated carbocycles. The lowest BCUT2D eigenvalue weighted by molar-refractivity contribution is 0.117. The van der Waals surface area contributed by atoms with Crippen LogP contribution in [-0.2, 0) is 4.74 Å². The van der Waals surface area contributed by atoms with Gasteiger partial charge < -0.3 is 4.74 Å². The summed E-state index contributed by atoms with van der Waals surface area (Å²) in [6.45, 7) is 1.38. The van der Waals surface area contributed by atoms with Gasteiger partial charge in [0.1, 0.15) is 5.82 Å². The summed E-state index contributed by atoms with van der Waals surface area (Å²) in [7, 11) is 0. The zero-order chi connectivity index (χ0) is 18.5. The highest BCUT2D eigenvalue weighted by atomic mass is 32.1. The van der Waals surface area contributed by atoms with Crippen molar-refractivity contribution in [3.05, 3.63) is 70.4 Å². The van der Waals surface area contributed by atoms with Gasteiger partial charge in [-0.05, 0) is 31.0 Å². The first kappa shape index (κ1) is 17.8. The predicted octanol–water partition coefficient (Wildman–Crippen LogP) is 3.71. The second-order valence-electron chi connectivity index (χ2n) is 6.20. The number of nitrogens with zero attached hydrogens (tertiary/aromatic N) is 4. The van der Waals surface area contributed by atoms with Gasteiger partial charge in [0.25, 0.3) is 0 Å². The Labute approximate surface area is 160 Å². The van der Waals surface area contributed by atoms with Gasteiger partial charge in [-0.1, -0.05) is 18.2 Å². The fourth-order valence-corrected chi connectivity index (χ4v) is 3.76. The van der Waals surface area contributed by atoms with Crippen LogP contribution < -0.4 is 4.80 Å². The fourth-order valence-electron chi connectivity index (χ4n) is 2.92. The number of halogens is 1. The van der Waals surface area contributed by atoms with Gasteiger partial charge >= 0.3 is 0 Å². The largest absolute Gasteiger partial charge is 0.376 e. The molecule has 3 heterocycles. The summed E-state index contributed by atoms with van der Waals surface area (Å²) in [4.78, 5) is 9.49. The molecule has 1 aliphatic rings. The van der Waals surface area contributed by atoms with Crippen LogP contribution in [0, 0.1) is 5.82 Å². The quantitative estimate of drug-likeness (QED) is 0.632. The maximum atomic E-state index is 14.3. The van der Waals surface area contributed by atoms with Crippen molar-refractivity contribution in [2.45, 2.75) is 18.9 Å². The monoisotopic (exact) mass is 382 g/mol. The SMILES string of the molecule is Fc1ccccc1-c1csc(=NCC2CCCO2)n1N=Cc1cccnc1. The molecular formula is C20H19FN4OS. The molecule has 1 fully saturated rings. The van der Waals surface area contributed by atoms with E-state index in [4.69, 9.17) is 4.74 Å². The molecule has 0 bridgehead atoms. The van der Waals surface area contributed by atoms with Crippen molar-refractivity contribution >= 4 is 17.6 Å². The lowest BCUT2D eigenvalue weighted by atomic mass is 10.1. The maximum Gasteiger partial charge on any atom is 0.206 e. The summed E-state index contributed by atoms with van der Waals surface area (Å²) in [5.41, 5.74) is 2.03. The number of hydrogen-bond donors (Lipinski definition) is 0. The van der Waals surface area contributed by atoms with Crippen LogP contribution in [0.15, 0.2) is 64.3 Å². The minimum atomic E-state index is -0.286. The number of pyridine rings is 1. The number of rotatable bonds is 5. The summed E-state index contributed by atoms with van der Waals surface area (Å²) in [6, 6.07) is 10.4. The van der Waals surface area contributed by atoms with Gasteiger partial charge in [-0.15, -0.1) is 11.3 Å². The summed E-state index contributed by atoms with van der Waals surface area (Å²) in [5.74, 6) is -0.286. The van der Waals surface area contributed by atoms with Gasteiger partial charge in [0.15, 0.2) is 0 Å². The molecule has 27 heavy (non-hydrogen) atoms. The average Bonchev–Trinajstić information content (AvgIpc) is 3.36. The van der Waals surface area contributed by atoms with Crippen molar-refractivity contribution in [1.29, 1.82) is 0 Å². The number of hydrogen-bond acceptors (Lipinski definition) is 5. The first-order chi connectivity index (χ1) is 13.3. The van der Waals surface area contributed by atoms with Crippen molar-refractivity contribution in [2.24, 2.45) is 10.1 Å². The Morgan fingerprint density at radius 3 is 3.00 bits per heavy atom. The minimum absolute atomic E-state index is 0.153. The Hall–Kier alpha value is -2.64. The van der Waals surface area contributed by atoms with Crippen molar-refractivity contribution in [3.63, 3.8) is 0 Å². The fraction of sp³-hybridized carbons (Fsp3) is 0.250. The molecular weight excluding hydrogens is 363 g/mol. The first-order valence-electron chi connectivity index (χ1n) is 8.83. The molecule has 0 aliphatic carbocycles. The lowest BCUT2D eigenvalue weighted by Crippen LogP contribution is -2.17. The lowest BCUT2D eigenvalue weighted by Gasteiger charge is -2.06. The van der Waals surface area contributed by atoms with E-state index in [1.54, 1.807) is 35.4 Å². The predicted molar refractivity (Wildman–Crippen MR) is 104 cm³/mol. The second kappa shape index (κ2) is 8.37. The summed E-state index contributed by atoms with van der Waals surface area (Å²) in [5, 5.41) is 6.44. The third kappa shape index (κ3) is 4.20. The van der Waals surface area contributed by atoms with E-state index in [1.807, 2.05) is 23.6 Å². The highest BCUT2D eigenvalue weighted by molar-refractivity contribution is 7.07. The zero-order valence-corrected chi connectivity index (χ0v) is 15.5. The molecule has 1 saturated heterocycles. The molecule has 1 aliphatic heterocycles. The van der Waals surface area contributed by atoms with Crippen molar-refractivity contribution < 1.29 is 9.13 Å². The third-order valence-corrected chi connectivity index (χ3v) is 5.15. The van der Waals surface area contributed by atoms with E-state index >= 15 is 0 Å². The number of benzene rings is 1. The minimum Gasteiger partial charge on any atom is -0.376 e. The smallest absolute Gasteiger partial charge is 0.206 e. The summed E-state index contributed by atoms with van der Waals surface area (Å²) >= 11 is 1.44. The van der Waals surface area contributed by atoms with Gasteiger partial charge in [0.2, 0.25) is 4.80 Å². The Bertz CT molecular complexity index is 990. The Balaban J connectivity index is 1.74. The summed E-state index contributed by atoms with van der Waals surface area (Å²) in [6.07, 6.45) is 7.39. The number of thiazole rings is 1. The molecule has 1 aromatic carbocycles. The van der Waals surface area contributed by atoms with Crippen LogP contribution in [0.25, 0.3) is 11.3 Å². The molecule has 3 aromatic rings. The van der Waals surface area contributed by atoms with E-state index in [-0.39, 0.29) is 11.9 Å². The highest BCUT2D eigenvalue weighted by Gasteiger charge is 2.15. The van der Waals surface area contributed by atoms with Crippen LogP contribution in [0.1, 0.15) is 18.4 Å². The standard InChI is InChI=1S/C20H19FN4OS/c21-18-8-2-1-7-17(18)19-14-27-20(23-13-16-6-4-10-26-16)25(19)24-12-15-5-3-9-22-11-15/h1-3,5,7-9,11-12,14,16H,4,6,10,13H2.